The molecule has 0 aliphatic rings. The van der Waals surface area contributed by atoms with E-state index in [0.717, 1.165) is 12.1 Å². The fourth-order valence-electron chi connectivity index (χ4n) is 1.29. The number of rotatable bonds is 6. The SMILES string of the molecule is CN(C)CCS(=O)Cc1ccc(C(=O)O)cc1. The Morgan fingerprint density at radius 1 is 1.29 bits per heavy atom. The molecule has 4 nitrogen and oxygen atoms in total. The van der Waals surface area contributed by atoms with Crippen LogP contribution in [0.5, 0.6) is 0 Å². The normalized spacial score (nSPS) is 12.6. The van der Waals surface area contributed by atoms with Gasteiger partial charge >= 0.3 is 5.97 Å². The molecule has 1 rings (SSSR count). The van der Waals surface area contributed by atoms with E-state index in [2.05, 4.69) is 0 Å². The zero-order chi connectivity index (χ0) is 12.8. The van der Waals surface area contributed by atoms with E-state index in [1.165, 1.54) is 0 Å². The lowest BCUT2D eigenvalue weighted by Gasteiger charge is -2.08. The van der Waals surface area contributed by atoms with E-state index in [4.69, 9.17) is 5.11 Å². The number of hydrogen-bond acceptors (Lipinski definition) is 3. The molecule has 17 heavy (non-hydrogen) atoms. The van der Waals surface area contributed by atoms with Gasteiger partial charge in [-0.2, -0.15) is 0 Å². The third-order valence-corrected chi connectivity index (χ3v) is 3.59. The van der Waals surface area contributed by atoms with Crippen LogP contribution in [0.1, 0.15) is 15.9 Å². The summed E-state index contributed by atoms with van der Waals surface area (Å²) in [5.41, 5.74) is 1.17. The van der Waals surface area contributed by atoms with Gasteiger partial charge in [-0.05, 0) is 31.8 Å². The molecule has 0 amide bonds. The van der Waals surface area contributed by atoms with Gasteiger partial charge in [-0.3, -0.25) is 4.21 Å². The zero-order valence-corrected chi connectivity index (χ0v) is 10.9. The lowest BCUT2D eigenvalue weighted by atomic mass is 10.1. The molecule has 0 spiro atoms. The van der Waals surface area contributed by atoms with Crippen LogP contribution < -0.4 is 0 Å². The molecular weight excluding hydrogens is 238 g/mol. The number of nitrogens with zero attached hydrogens (tertiary/aromatic N) is 1. The predicted octanol–water partition coefficient (Wildman–Crippen LogP) is 1.20. The minimum Gasteiger partial charge on any atom is -0.478 e. The van der Waals surface area contributed by atoms with Crippen LogP contribution in [-0.2, 0) is 16.6 Å². The van der Waals surface area contributed by atoms with Crippen LogP contribution in [0.4, 0.5) is 0 Å². The minimum absolute atomic E-state index is 0.257. The van der Waals surface area contributed by atoms with Crippen LogP contribution in [0.2, 0.25) is 0 Å². The van der Waals surface area contributed by atoms with E-state index in [1.54, 1.807) is 24.3 Å². The highest BCUT2D eigenvalue weighted by atomic mass is 32.2. The van der Waals surface area contributed by atoms with Crippen LogP contribution in [0.3, 0.4) is 0 Å². The highest BCUT2D eigenvalue weighted by Crippen LogP contribution is 2.07. The smallest absolute Gasteiger partial charge is 0.335 e. The van der Waals surface area contributed by atoms with Gasteiger partial charge in [0.05, 0.1) is 5.56 Å². The molecule has 1 aromatic carbocycles. The molecule has 1 aromatic rings. The van der Waals surface area contributed by atoms with Crippen molar-refractivity contribution >= 4 is 16.8 Å². The van der Waals surface area contributed by atoms with Gasteiger partial charge in [0.25, 0.3) is 0 Å². The molecule has 0 fully saturated rings. The zero-order valence-electron chi connectivity index (χ0n) is 10.0. The maximum Gasteiger partial charge on any atom is 0.335 e. The number of carboxylic acid groups (broad SMARTS) is 1. The number of benzene rings is 1. The topological polar surface area (TPSA) is 57.6 Å². The summed E-state index contributed by atoms with van der Waals surface area (Å²) in [4.78, 5) is 12.6. The Morgan fingerprint density at radius 3 is 2.35 bits per heavy atom. The molecule has 0 saturated heterocycles. The van der Waals surface area contributed by atoms with Crippen LogP contribution in [0.15, 0.2) is 24.3 Å². The van der Waals surface area contributed by atoms with Gasteiger partial charge in [0.15, 0.2) is 0 Å². The quantitative estimate of drug-likeness (QED) is 0.829. The summed E-state index contributed by atoms with van der Waals surface area (Å²) in [5, 5.41) is 8.74. The predicted molar refractivity (Wildman–Crippen MR) is 68.7 cm³/mol. The van der Waals surface area contributed by atoms with Crippen LogP contribution in [-0.4, -0.2) is 46.6 Å². The van der Waals surface area contributed by atoms with E-state index in [9.17, 15) is 9.00 Å². The number of aromatic carboxylic acids is 1. The standard InChI is InChI=1S/C12H17NO3S/c1-13(2)7-8-17(16)9-10-3-5-11(6-4-10)12(14)15/h3-6H,7-9H2,1-2H3,(H,14,15). The van der Waals surface area contributed by atoms with Crippen LogP contribution in [0.25, 0.3) is 0 Å². The second-order valence-electron chi connectivity index (χ2n) is 4.09. The summed E-state index contributed by atoms with van der Waals surface area (Å²) >= 11 is 0. The van der Waals surface area contributed by atoms with Crippen molar-refractivity contribution in [3.8, 4) is 0 Å². The molecule has 0 bridgehead atoms. The molecular formula is C12H17NO3S. The summed E-state index contributed by atoms with van der Waals surface area (Å²) in [6.07, 6.45) is 0. The molecule has 1 unspecified atom stereocenters. The molecule has 1 atom stereocenters. The number of carbonyl (C=O) groups is 1. The van der Waals surface area contributed by atoms with Crippen molar-refractivity contribution in [2.24, 2.45) is 0 Å². The van der Waals surface area contributed by atoms with Crippen molar-refractivity contribution in [2.45, 2.75) is 5.75 Å². The average molecular weight is 255 g/mol. The Morgan fingerprint density at radius 2 is 1.88 bits per heavy atom. The van der Waals surface area contributed by atoms with E-state index in [1.807, 2.05) is 19.0 Å². The van der Waals surface area contributed by atoms with E-state index < -0.39 is 16.8 Å². The minimum atomic E-state index is -0.940. The van der Waals surface area contributed by atoms with Crippen molar-refractivity contribution in [1.82, 2.24) is 4.90 Å². The Hall–Kier alpha value is -1.20. The largest absolute Gasteiger partial charge is 0.478 e. The molecule has 1 N–H and O–H groups in total. The molecule has 0 heterocycles. The van der Waals surface area contributed by atoms with Crippen molar-refractivity contribution in [3.05, 3.63) is 35.4 Å². The molecule has 94 valence electrons. The summed E-state index contributed by atoms with van der Waals surface area (Å²) in [5.74, 6) is 0.173. The van der Waals surface area contributed by atoms with Crippen molar-refractivity contribution in [1.29, 1.82) is 0 Å². The molecule has 0 saturated carbocycles. The van der Waals surface area contributed by atoms with E-state index >= 15 is 0 Å². The van der Waals surface area contributed by atoms with Crippen molar-refractivity contribution < 1.29 is 14.1 Å². The Bertz CT molecular complexity index is 401. The van der Waals surface area contributed by atoms with Crippen LogP contribution in [0, 0.1) is 0 Å². The first-order valence-electron chi connectivity index (χ1n) is 5.31. The number of carboxylic acids is 1. The molecule has 0 aliphatic heterocycles. The first kappa shape index (κ1) is 13.9. The Labute approximate surface area is 104 Å². The van der Waals surface area contributed by atoms with Gasteiger partial charge in [-0.1, -0.05) is 12.1 Å². The van der Waals surface area contributed by atoms with E-state index in [0.29, 0.717) is 11.5 Å². The lowest BCUT2D eigenvalue weighted by molar-refractivity contribution is 0.0697. The van der Waals surface area contributed by atoms with Crippen molar-refractivity contribution in [2.75, 3.05) is 26.4 Å². The lowest BCUT2D eigenvalue weighted by Crippen LogP contribution is -2.19. The monoisotopic (exact) mass is 255 g/mol. The Kier molecular flexibility index (Phi) is 5.31. The summed E-state index contributed by atoms with van der Waals surface area (Å²) < 4.78 is 11.7. The summed E-state index contributed by atoms with van der Waals surface area (Å²) in [6, 6.07) is 6.52. The molecule has 5 heteroatoms. The molecule has 0 aromatic heterocycles. The second kappa shape index (κ2) is 6.51. The highest BCUT2D eigenvalue weighted by Gasteiger charge is 2.05. The van der Waals surface area contributed by atoms with Gasteiger partial charge in [0.2, 0.25) is 0 Å². The molecule has 0 aliphatic carbocycles. The van der Waals surface area contributed by atoms with Gasteiger partial charge in [-0.15, -0.1) is 0 Å². The first-order chi connectivity index (χ1) is 7.99. The fraction of sp³-hybridized carbons (Fsp3) is 0.417. The maximum atomic E-state index is 11.7. The van der Waals surface area contributed by atoms with E-state index in [-0.39, 0.29) is 5.56 Å². The third kappa shape index (κ3) is 5.10. The third-order valence-electron chi connectivity index (χ3n) is 2.29. The highest BCUT2D eigenvalue weighted by molar-refractivity contribution is 7.84. The van der Waals surface area contributed by atoms with Crippen LogP contribution >= 0.6 is 0 Å². The Balaban J connectivity index is 2.51. The van der Waals surface area contributed by atoms with Crippen molar-refractivity contribution in [3.63, 3.8) is 0 Å². The average Bonchev–Trinajstić information content (AvgIpc) is 2.27. The fourth-order valence-corrected chi connectivity index (χ4v) is 2.56. The van der Waals surface area contributed by atoms with Gasteiger partial charge < -0.3 is 10.0 Å². The van der Waals surface area contributed by atoms with Gasteiger partial charge in [0, 0.05) is 28.9 Å². The first-order valence-corrected chi connectivity index (χ1v) is 6.80. The number of hydrogen-bond donors (Lipinski definition) is 1. The molecule has 0 radical (unpaired) electrons. The van der Waals surface area contributed by atoms with Gasteiger partial charge in [-0.25, -0.2) is 4.79 Å². The second-order valence-corrected chi connectivity index (χ2v) is 5.67. The summed E-state index contributed by atoms with van der Waals surface area (Å²) in [6.45, 7) is 0.791. The summed E-state index contributed by atoms with van der Waals surface area (Å²) in [7, 11) is 2.99. The van der Waals surface area contributed by atoms with Gasteiger partial charge in [0.1, 0.15) is 0 Å². The maximum absolute atomic E-state index is 11.7.